The van der Waals surface area contributed by atoms with E-state index in [-0.39, 0.29) is 30.9 Å². The number of hydrogen-bond donors (Lipinski definition) is 0. The number of aromatic nitrogens is 1. The molecule has 4 heterocycles. The predicted octanol–water partition coefficient (Wildman–Crippen LogP) is 1.51. The van der Waals surface area contributed by atoms with Gasteiger partial charge in [0, 0.05) is 69.0 Å². The molecule has 1 aromatic heterocycles. The van der Waals surface area contributed by atoms with Crippen molar-refractivity contribution in [1.29, 1.82) is 0 Å². The maximum atomic E-state index is 13.0. The molecular weight excluding hydrogens is 372 g/mol. The number of carbonyl (C=O) groups excluding carboxylic acids is 2. The number of fused-ring (bicyclic) bond motifs is 1. The topological polar surface area (TPSA) is 75.2 Å². The fraction of sp³-hybridized carbons (Fsp3) is 0.381. The van der Waals surface area contributed by atoms with Crippen LogP contribution in [0.5, 0.6) is 11.5 Å². The number of carbonyl (C=O) groups is 2. The highest BCUT2D eigenvalue weighted by Crippen LogP contribution is 2.37. The summed E-state index contributed by atoms with van der Waals surface area (Å²) in [5.74, 6) is 1.05. The van der Waals surface area contributed by atoms with Crippen molar-refractivity contribution in [3.63, 3.8) is 0 Å². The predicted molar refractivity (Wildman–Crippen MR) is 106 cm³/mol. The van der Waals surface area contributed by atoms with E-state index in [0.717, 1.165) is 24.5 Å². The van der Waals surface area contributed by atoms with Crippen molar-refractivity contribution in [2.75, 3.05) is 49.3 Å². The zero-order chi connectivity index (χ0) is 19.8. The third-order valence-electron chi connectivity index (χ3n) is 5.76. The van der Waals surface area contributed by atoms with E-state index < -0.39 is 0 Å². The molecule has 0 radical (unpaired) electrons. The second kappa shape index (κ2) is 7.27. The van der Waals surface area contributed by atoms with Crippen LogP contribution in [-0.2, 0) is 9.59 Å². The molecule has 8 heteroatoms. The minimum atomic E-state index is -0.305. The summed E-state index contributed by atoms with van der Waals surface area (Å²) in [5, 5.41) is 0. The van der Waals surface area contributed by atoms with Crippen molar-refractivity contribution < 1.29 is 19.1 Å². The van der Waals surface area contributed by atoms with Gasteiger partial charge in [-0.2, -0.15) is 0 Å². The first-order valence-electron chi connectivity index (χ1n) is 9.83. The SMILES string of the molecule is O=C(C1CC(=O)N(c2ccc3c(c2)OCO3)C1)N1CCN(c2ccncc2)CC1. The number of ether oxygens (including phenoxy) is 2. The summed E-state index contributed by atoms with van der Waals surface area (Å²) in [4.78, 5) is 35.5. The van der Waals surface area contributed by atoms with Gasteiger partial charge in [-0.25, -0.2) is 0 Å². The highest BCUT2D eigenvalue weighted by atomic mass is 16.7. The van der Waals surface area contributed by atoms with Gasteiger partial charge in [-0.3, -0.25) is 14.6 Å². The van der Waals surface area contributed by atoms with E-state index in [1.165, 1.54) is 0 Å². The van der Waals surface area contributed by atoms with E-state index in [4.69, 9.17) is 9.47 Å². The fourth-order valence-electron chi connectivity index (χ4n) is 4.17. The Morgan fingerprint density at radius 3 is 2.52 bits per heavy atom. The third kappa shape index (κ3) is 3.35. The molecule has 0 spiro atoms. The van der Waals surface area contributed by atoms with Gasteiger partial charge >= 0.3 is 0 Å². The van der Waals surface area contributed by atoms with E-state index in [9.17, 15) is 9.59 Å². The number of benzene rings is 1. The molecule has 2 amide bonds. The lowest BCUT2D eigenvalue weighted by Crippen LogP contribution is -2.50. The molecule has 8 nitrogen and oxygen atoms in total. The number of amides is 2. The molecule has 1 aromatic carbocycles. The highest BCUT2D eigenvalue weighted by molar-refractivity contribution is 6.00. The van der Waals surface area contributed by atoms with Gasteiger partial charge in [-0.15, -0.1) is 0 Å². The second-order valence-corrected chi connectivity index (χ2v) is 7.46. The second-order valence-electron chi connectivity index (χ2n) is 7.46. The summed E-state index contributed by atoms with van der Waals surface area (Å²) in [6, 6.07) is 9.41. The molecule has 1 atom stereocenters. The Balaban J connectivity index is 1.22. The first-order valence-corrected chi connectivity index (χ1v) is 9.83. The van der Waals surface area contributed by atoms with Crippen molar-refractivity contribution in [1.82, 2.24) is 9.88 Å². The average molecular weight is 394 g/mol. The summed E-state index contributed by atoms with van der Waals surface area (Å²) in [5.41, 5.74) is 1.87. The number of rotatable bonds is 3. The van der Waals surface area contributed by atoms with Crippen LogP contribution < -0.4 is 19.3 Å². The number of nitrogens with zero attached hydrogens (tertiary/aromatic N) is 4. The van der Waals surface area contributed by atoms with Crippen LogP contribution in [0.15, 0.2) is 42.7 Å². The smallest absolute Gasteiger partial charge is 0.231 e. The van der Waals surface area contributed by atoms with Gasteiger partial charge in [0.2, 0.25) is 18.6 Å². The lowest BCUT2D eigenvalue weighted by molar-refractivity contribution is -0.136. The van der Waals surface area contributed by atoms with Crippen molar-refractivity contribution in [3.8, 4) is 11.5 Å². The van der Waals surface area contributed by atoms with Crippen LogP contribution in [0.3, 0.4) is 0 Å². The standard InChI is InChI=1S/C21H22N4O4/c26-20-11-15(13-25(20)17-1-2-18-19(12-17)29-14-28-18)21(27)24-9-7-23(8-10-24)16-3-5-22-6-4-16/h1-6,12,15H,7-11,13-14H2. The third-order valence-corrected chi connectivity index (χ3v) is 5.76. The zero-order valence-corrected chi connectivity index (χ0v) is 16.0. The molecule has 2 fully saturated rings. The first kappa shape index (κ1) is 17.8. The van der Waals surface area contributed by atoms with Crippen LogP contribution in [0.25, 0.3) is 0 Å². The largest absolute Gasteiger partial charge is 0.454 e. The lowest BCUT2D eigenvalue weighted by atomic mass is 10.1. The summed E-state index contributed by atoms with van der Waals surface area (Å²) in [7, 11) is 0. The monoisotopic (exact) mass is 394 g/mol. The van der Waals surface area contributed by atoms with Crippen LogP contribution in [-0.4, -0.2) is 61.2 Å². The number of piperazine rings is 1. The molecule has 0 aliphatic carbocycles. The quantitative estimate of drug-likeness (QED) is 0.786. The van der Waals surface area contributed by atoms with Gasteiger partial charge in [0.05, 0.1) is 5.92 Å². The summed E-state index contributed by atoms with van der Waals surface area (Å²) in [6.45, 7) is 3.48. The van der Waals surface area contributed by atoms with Gasteiger partial charge in [0.25, 0.3) is 0 Å². The minimum absolute atomic E-state index is 0.0300. The Morgan fingerprint density at radius 1 is 0.966 bits per heavy atom. The van der Waals surface area contributed by atoms with Crippen molar-refractivity contribution in [2.24, 2.45) is 5.92 Å². The normalized spacial score (nSPS) is 21.0. The van der Waals surface area contributed by atoms with E-state index in [2.05, 4.69) is 9.88 Å². The molecule has 3 aliphatic heterocycles. The molecule has 2 saturated heterocycles. The Labute approximate surface area is 168 Å². The molecule has 0 saturated carbocycles. The Hall–Kier alpha value is -3.29. The number of anilines is 2. The van der Waals surface area contributed by atoms with Crippen LogP contribution in [0.4, 0.5) is 11.4 Å². The fourth-order valence-corrected chi connectivity index (χ4v) is 4.17. The van der Waals surface area contributed by atoms with Crippen molar-refractivity contribution in [3.05, 3.63) is 42.7 Å². The van der Waals surface area contributed by atoms with Crippen molar-refractivity contribution >= 4 is 23.2 Å². The summed E-state index contributed by atoms with van der Waals surface area (Å²) < 4.78 is 10.7. The molecular formula is C21H22N4O4. The highest BCUT2D eigenvalue weighted by Gasteiger charge is 2.38. The maximum absolute atomic E-state index is 13.0. The van der Waals surface area contributed by atoms with Crippen LogP contribution in [0.2, 0.25) is 0 Å². The van der Waals surface area contributed by atoms with E-state index >= 15 is 0 Å². The molecule has 150 valence electrons. The zero-order valence-electron chi connectivity index (χ0n) is 16.0. The van der Waals surface area contributed by atoms with Gasteiger partial charge in [-0.05, 0) is 24.3 Å². The molecule has 5 rings (SSSR count). The molecule has 3 aliphatic rings. The van der Waals surface area contributed by atoms with Crippen LogP contribution in [0, 0.1) is 5.92 Å². The van der Waals surface area contributed by atoms with Gasteiger partial charge < -0.3 is 24.2 Å². The van der Waals surface area contributed by atoms with E-state index in [1.807, 2.05) is 23.1 Å². The van der Waals surface area contributed by atoms with E-state index in [1.54, 1.807) is 29.4 Å². The molecule has 29 heavy (non-hydrogen) atoms. The first-order chi connectivity index (χ1) is 14.2. The molecule has 0 N–H and O–H groups in total. The van der Waals surface area contributed by atoms with Crippen molar-refractivity contribution in [2.45, 2.75) is 6.42 Å². The molecule has 1 unspecified atom stereocenters. The lowest BCUT2D eigenvalue weighted by Gasteiger charge is -2.37. The van der Waals surface area contributed by atoms with Gasteiger partial charge in [-0.1, -0.05) is 0 Å². The summed E-state index contributed by atoms with van der Waals surface area (Å²) >= 11 is 0. The van der Waals surface area contributed by atoms with Gasteiger partial charge in [0.1, 0.15) is 0 Å². The van der Waals surface area contributed by atoms with Gasteiger partial charge in [0.15, 0.2) is 11.5 Å². The minimum Gasteiger partial charge on any atom is -0.454 e. The Kier molecular flexibility index (Phi) is 4.46. The average Bonchev–Trinajstić information content (AvgIpc) is 3.40. The molecule has 0 bridgehead atoms. The molecule has 2 aromatic rings. The summed E-state index contributed by atoms with van der Waals surface area (Å²) in [6.07, 6.45) is 3.81. The maximum Gasteiger partial charge on any atom is 0.231 e. The Morgan fingerprint density at radius 2 is 1.72 bits per heavy atom. The van der Waals surface area contributed by atoms with E-state index in [0.29, 0.717) is 31.1 Å². The van der Waals surface area contributed by atoms with Crippen LogP contribution >= 0.6 is 0 Å². The van der Waals surface area contributed by atoms with Crippen LogP contribution in [0.1, 0.15) is 6.42 Å². The number of hydrogen-bond acceptors (Lipinski definition) is 6. The Bertz CT molecular complexity index is 928. The number of pyridine rings is 1.